The normalized spacial score (nSPS) is 17.2. The Morgan fingerprint density at radius 1 is 0.655 bits per heavy atom. The van der Waals surface area contributed by atoms with E-state index in [1.807, 2.05) is 12.1 Å². The summed E-state index contributed by atoms with van der Waals surface area (Å²) < 4.78 is 0. The van der Waals surface area contributed by atoms with Crippen LogP contribution in [0.15, 0.2) is 94.9 Å². The number of benzene rings is 3. The fourth-order valence-electron chi connectivity index (χ4n) is 4.34. The van der Waals surface area contributed by atoms with Gasteiger partial charge in [0.2, 0.25) is 0 Å². The van der Waals surface area contributed by atoms with E-state index >= 15 is 0 Å². The lowest BCUT2D eigenvalue weighted by molar-refractivity contribution is 0.310. The first-order chi connectivity index (χ1) is 14.4. The summed E-state index contributed by atoms with van der Waals surface area (Å²) in [6, 6.07) is 29.6. The average molecular weight is 380 g/mol. The van der Waals surface area contributed by atoms with Gasteiger partial charge in [0.1, 0.15) is 5.84 Å². The van der Waals surface area contributed by atoms with Crippen LogP contribution in [0.25, 0.3) is 0 Å². The molecule has 3 nitrogen and oxygen atoms in total. The van der Waals surface area contributed by atoms with Crippen molar-refractivity contribution < 1.29 is 0 Å². The Morgan fingerprint density at radius 2 is 1.24 bits per heavy atom. The quantitative estimate of drug-likeness (QED) is 0.527. The number of nitrogens with zero attached hydrogens (tertiary/aromatic N) is 3. The van der Waals surface area contributed by atoms with Crippen LogP contribution in [-0.2, 0) is 0 Å². The van der Waals surface area contributed by atoms with Gasteiger partial charge >= 0.3 is 0 Å². The summed E-state index contributed by atoms with van der Waals surface area (Å²) in [5, 5.41) is 0. The van der Waals surface area contributed by atoms with E-state index in [4.69, 9.17) is 9.98 Å². The molecule has 0 radical (unpaired) electrons. The summed E-state index contributed by atoms with van der Waals surface area (Å²) in [6.07, 6.45) is 3.11. The van der Waals surface area contributed by atoms with E-state index in [1.54, 1.807) is 0 Å². The molecule has 0 bridgehead atoms. The smallest absolute Gasteiger partial charge is 0.111 e. The number of aliphatic imine (C=N–C) groups is 2. The van der Waals surface area contributed by atoms with Crippen LogP contribution in [0.5, 0.6) is 0 Å². The lowest BCUT2D eigenvalue weighted by atomic mass is 9.89. The highest BCUT2D eigenvalue weighted by atomic mass is 15.2. The van der Waals surface area contributed by atoms with Gasteiger partial charge in [-0.1, -0.05) is 72.8 Å². The van der Waals surface area contributed by atoms with Gasteiger partial charge in [-0.3, -0.25) is 4.99 Å². The fourth-order valence-corrected chi connectivity index (χ4v) is 4.34. The van der Waals surface area contributed by atoms with Crippen LogP contribution in [0.1, 0.15) is 36.3 Å². The van der Waals surface area contributed by atoms with Gasteiger partial charge < -0.3 is 4.90 Å². The topological polar surface area (TPSA) is 28.0 Å². The summed E-state index contributed by atoms with van der Waals surface area (Å²) in [5.41, 5.74) is 5.67. The molecule has 2 aliphatic rings. The minimum Gasteiger partial charge on any atom is -0.360 e. The van der Waals surface area contributed by atoms with Crippen molar-refractivity contribution in [3.05, 3.63) is 96.1 Å². The van der Waals surface area contributed by atoms with Crippen LogP contribution in [0.4, 0.5) is 11.4 Å². The molecule has 0 unspecified atom stereocenters. The number of amidine groups is 1. The van der Waals surface area contributed by atoms with Crippen LogP contribution in [0, 0.1) is 0 Å². The molecule has 144 valence electrons. The predicted molar refractivity (Wildman–Crippen MR) is 121 cm³/mol. The number of hydrogen-bond donors (Lipinski definition) is 0. The Labute approximate surface area is 172 Å². The van der Waals surface area contributed by atoms with Gasteiger partial charge in [-0.15, -0.1) is 0 Å². The monoisotopic (exact) mass is 379 g/mol. The number of rotatable bonds is 2. The molecule has 3 aromatic carbocycles. The van der Waals surface area contributed by atoms with E-state index in [0.29, 0.717) is 5.92 Å². The number of piperidine rings is 1. The van der Waals surface area contributed by atoms with Gasteiger partial charge in [0, 0.05) is 19.5 Å². The Kier molecular flexibility index (Phi) is 4.95. The third-order valence-electron chi connectivity index (χ3n) is 5.95. The third kappa shape index (κ3) is 3.86. The third-order valence-corrected chi connectivity index (χ3v) is 5.95. The molecule has 1 saturated heterocycles. The van der Waals surface area contributed by atoms with E-state index in [1.165, 1.54) is 24.0 Å². The van der Waals surface area contributed by atoms with Crippen molar-refractivity contribution >= 4 is 22.9 Å². The van der Waals surface area contributed by atoms with Gasteiger partial charge in [-0.05, 0) is 42.0 Å². The molecule has 2 aliphatic heterocycles. The summed E-state index contributed by atoms with van der Waals surface area (Å²) >= 11 is 0. The minimum absolute atomic E-state index is 0.647. The van der Waals surface area contributed by atoms with Crippen molar-refractivity contribution in [2.45, 2.75) is 25.2 Å². The zero-order chi connectivity index (χ0) is 19.5. The van der Waals surface area contributed by atoms with Crippen LogP contribution in [-0.4, -0.2) is 29.5 Å². The second-order valence-corrected chi connectivity index (χ2v) is 7.79. The molecule has 0 spiro atoms. The van der Waals surface area contributed by atoms with Crippen molar-refractivity contribution in [2.24, 2.45) is 9.98 Å². The number of hydrogen-bond acceptors (Lipinski definition) is 3. The van der Waals surface area contributed by atoms with Crippen molar-refractivity contribution in [3.8, 4) is 0 Å². The van der Waals surface area contributed by atoms with Crippen molar-refractivity contribution in [1.29, 1.82) is 0 Å². The van der Waals surface area contributed by atoms with Crippen molar-refractivity contribution in [2.75, 3.05) is 13.1 Å². The Balaban J connectivity index is 1.42. The molecular formula is C26H25N3. The van der Waals surface area contributed by atoms with E-state index in [-0.39, 0.29) is 0 Å². The van der Waals surface area contributed by atoms with Crippen LogP contribution < -0.4 is 0 Å². The lowest BCUT2D eigenvalue weighted by Gasteiger charge is -2.34. The molecule has 0 aliphatic carbocycles. The van der Waals surface area contributed by atoms with E-state index in [9.17, 15) is 0 Å². The van der Waals surface area contributed by atoms with E-state index in [2.05, 4.69) is 77.7 Å². The zero-order valence-electron chi connectivity index (χ0n) is 16.5. The van der Waals surface area contributed by atoms with Crippen LogP contribution in [0.2, 0.25) is 0 Å². The Bertz CT molecular complexity index is 1030. The van der Waals surface area contributed by atoms with Crippen molar-refractivity contribution in [3.63, 3.8) is 0 Å². The minimum atomic E-state index is 0.647. The van der Waals surface area contributed by atoms with Gasteiger partial charge in [-0.25, -0.2) is 4.99 Å². The Hall–Kier alpha value is -3.20. The van der Waals surface area contributed by atoms with Crippen LogP contribution in [0.3, 0.4) is 0 Å². The molecule has 3 aromatic rings. The first-order valence-corrected chi connectivity index (χ1v) is 10.5. The standard InChI is InChI=1S/C26H25N3/c1-3-9-20(10-4-1)21-15-17-29(18-16-21)26-19-25(22-11-5-2-6-12-22)27-23-13-7-8-14-24(23)28-26/h1-14,21H,15-19H2. The molecule has 2 heterocycles. The van der Waals surface area contributed by atoms with Gasteiger partial charge in [0.15, 0.2) is 0 Å². The lowest BCUT2D eigenvalue weighted by Crippen LogP contribution is -2.38. The molecule has 1 fully saturated rings. The molecular weight excluding hydrogens is 354 g/mol. The highest BCUT2D eigenvalue weighted by Crippen LogP contribution is 2.34. The number of fused-ring (bicyclic) bond motifs is 1. The Morgan fingerprint density at radius 3 is 1.93 bits per heavy atom. The highest BCUT2D eigenvalue weighted by Gasteiger charge is 2.25. The number of likely N-dealkylation sites (tertiary alicyclic amines) is 1. The molecule has 3 heteroatoms. The summed E-state index contributed by atoms with van der Waals surface area (Å²) in [4.78, 5) is 12.5. The van der Waals surface area contributed by atoms with Crippen LogP contribution >= 0.6 is 0 Å². The van der Waals surface area contributed by atoms with E-state index < -0.39 is 0 Å². The highest BCUT2D eigenvalue weighted by molar-refractivity contribution is 6.14. The molecule has 29 heavy (non-hydrogen) atoms. The summed E-state index contributed by atoms with van der Waals surface area (Å²) in [7, 11) is 0. The zero-order valence-corrected chi connectivity index (χ0v) is 16.5. The molecule has 0 atom stereocenters. The maximum absolute atomic E-state index is 5.06. The van der Waals surface area contributed by atoms with Gasteiger partial charge in [-0.2, -0.15) is 0 Å². The summed E-state index contributed by atoms with van der Waals surface area (Å²) in [5.74, 6) is 1.79. The number of para-hydroxylation sites is 2. The SMILES string of the molecule is c1ccc(C2=Nc3ccccc3N=C(N3CCC(c4ccccc4)CC3)C2)cc1. The first-order valence-electron chi connectivity index (χ1n) is 10.5. The first kappa shape index (κ1) is 17.9. The molecule has 0 saturated carbocycles. The van der Waals surface area contributed by atoms with E-state index in [0.717, 1.165) is 42.4 Å². The average Bonchev–Trinajstić information content (AvgIpc) is 3.00. The molecule has 0 aromatic heterocycles. The maximum atomic E-state index is 5.06. The molecule has 5 rings (SSSR count). The second kappa shape index (κ2) is 8.04. The largest absolute Gasteiger partial charge is 0.360 e. The molecule has 0 N–H and O–H groups in total. The van der Waals surface area contributed by atoms with Gasteiger partial charge in [0.25, 0.3) is 0 Å². The maximum Gasteiger partial charge on any atom is 0.111 e. The van der Waals surface area contributed by atoms with Crippen molar-refractivity contribution in [1.82, 2.24) is 4.90 Å². The summed E-state index contributed by atoms with van der Waals surface area (Å²) in [6.45, 7) is 2.09. The van der Waals surface area contributed by atoms with Gasteiger partial charge in [0.05, 0.1) is 17.1 Å². The predicted octanol–water partition coefficient (Wildman–Crippen LogP) is 6.12. The molecule has 0 amide bonds. The fraction of sp³-hybridized carbons (Fsp3) is 0.231. The second-order valence-electron chi connectivity index (χ2n) is 7.79.